The monoisotopic (exact) mass is 335 g/mol. The lowest BCUT2D eigenvalue weighted by molar-refractivity contribution is -0.139. The van der Waals surface area contributed by atoms with Crippen LogP contribution < -0.4 is 16.4 Å². The van der Waals surface area contributed by atoms with Crippen molar-refractivity contribution in [3.63, 3.8) is 0 Å². The molecule has 0 aliphatic carbocycles. The van der Waals surface area contributed by atoms with Gasteiger partial charge in [-0.2, -0.15) is 0 Å². The molecule has 0 aliphatic heterocycles. The predicted molar refractivity (Wildman–Crippen MR) is 90.0 cm³/mol. The van der Waals surface area contributed by atoms with E-state index in [2.05, 4.69) is 10.6 Å². The lowest BCUT2D eigenvalue weighted by atomic mass is 9.96. The fourth-order valence-electron chi connectivity index (χ4n) is 2.24. The molecule has 1 aromatic rings. The van der Waals surface area contributed by atoms with Crippen molar-refractivity contribution < 1.29 is 19.5 Å². The molecule has 0 bridgehead atoms. The van der Waals surface area contributed by atoms with Gasteiger partial charge >= 0.3 is 5.97 Å². The number of benzene rings is 1. The van der Waals surface area contributed by atoms with Crippen LogP contribution in [-0.2, 0) is 14.4 Å². The summed E-state index contributed by atoms with van der Waals surface area (Å²) in [7, 11) is 0. The van der Waals surface area contributed by atoms with Gasteiger partial charge in [0.15, 0.2) is 0 Å². The van der Waals surface area contributed by atoms with E-state index in [0.717, 1.165) is 5.56 Å². The molecule has 7 nitrogen and oxygen atoms in total. The number of nitrogens with one attached hydrogen (secondary N) is 2. The van der Waals surface area contributed by atoms with Crippen LogP contribution in [0.25, 0.3) is 0 Å². The summed E-state index contributed by atoms with van der Waals surface area (Å²) >= 11 is 0. The second-order valence-corrected chi connectivity index (χ2v) is 6.08. The molecule has 1 rings (SSSR count). The summed E-state index contributed by atoms with van der Waals surface area (Å²) in [6, 6.07) is 7.35. The van der Waals surface area contributed by atoms with E-state index in [1.807, 2.05) is 44.2 Å². The van der Waals surface area contributed by atoms with Gasteiger partial charge in [-0.3, -0.25) is 14.4 Å². The van der Waals surface area contributed by atoms with Crippen molar-refractivity contribution in [2.24, 2.45) is 11.7 Å². The largest absolute Gasteiger partial charge is 0.481 e. The minimum Gasteiger partial charge on any atom is -0.481 e. The second-order valence-electron chi connectivity index (χ2n) is 6.08. The predicted octanol–water partition coefficient (Wildman–Crippen LogP) is 0.807. The number of hydrogen-bond donors (Lipinski definition) is 4. The molecule has 0 radical (unpaired) electrons. The first kappa shape index (κ1) is 19.6. The summed E-state index contributed by atoms with van der Waals surface area (Å²) in [6.45, 7) is 5.51. The highest BCUT2D eigenvalue weighted by Crippen LogP contribution is 2.21. The number of carboxylic acids is 1. The second kappa shape index (κ2) is 9.02. The summed E-state index contributed by atoms with van der Waals surface area (Å²) in [5, 5.41) is 14.0. The van der Waals surface area contributed by atoms with Crippen molar-refractivity contribution in [2.75, 3.05) is 0 Å². The molecule has 5 N–H and O–H groups in total. The summed E-state index contributed by atoms with van der Waals surface area (Å²) in [5.41, 5.74) is 6.46. The lowest BCUT2D eigenvalue weighted by Crippen LogP contribution is -2.51. The zero-order chi connectivity index (χ0) is 18.3. The maximum Gasteiger partial charge on any atom is 0.305 e. The molecule has 0 heterocycles. The number of carboxylic acid groups (broad SMARTS) is 1. The maximum absolute atomic E-state index is 12.3. The number of rotatable bonds is 8. The number of nitrogens with two attached hydrogens (primary N) is 1. The molecule has 0 spiro atoms. The first-order valence-corrected chi connectivity index (χ1v) is 7.85. The molecule has 24 heavy (non-hydrogen) atoms. The highest BCUT2D eigenvalue weighted by Gasteiger charge is 2.25. The standard InChI is InChI=1S/C17H25N3O4/c1-10(2)15(12-7-5-4-6-8-12)20-16(23)11(3)19-17(24)13(18)9-14(21)22/h4-8,10-11,13,15H,9,18H2,1-3H3,(H,19,24)(H,20,23)(H,21,22)/t11-,13+,15-/m1/s1. The van der Waals surface area contributed by atoms with E-state index in [0.29, 0.717) is 0 Å². The van der Waals surface area contributed by atoms with Crippen molar-refractivity contribution >= 4 is 17.8 Å². The van der Waals surface area contributed by atoms with Gasteiger partial charge in [0.1, 0.15) is 6.04 Å². The van der Waals surface area contributed by atoms with Gasteiger partial charge in [-0.1, -0.05) is 44.2 Å². The number of hydrogen-bond acceptors (Lipinski definition) is 4. The van der Waals surface area contributed by atoms with Crippen LogP contribution >= 0.6 is 0 Å². The van der Waals surface area contributed by atoms with E-state index in [-0.39, 0.29) is 17.9 Å². The molecule has 2 amide bonds. The zero-order valence-corrected chi connectivity index (χ0v) is 14.2. The third kappa shape index (κ3) is 6.00. The van der Waals surface area contributed by atoms with Crippen LogP contribution in [0, 0.1) is 5.92 Å². The minimum absolute atomic E-state index is 0.161. The van der Waals surface area contributed by atoms with Crippen LogP contribution in [-0.4, -0.2) is 35.0 Å². The molecule has 0 saturated heterocycles. The van der Waals surface area contributed by atoms with Gasteiger partial charge < -0.3 is 21.5 Å². The average Bonchev–Trinajstić information content (AvgIpc) is 2.51. The molecule has 7 heteroatoms. The Bertz CT molecular complexity index is 574. The molecule has 0 saturated carbocycles. The van der Waals surface area contributed by atoms with Gasteiger partial charge in [0.2, 0.25) is 11.8 Å². The quantitative estimate of drug-likeness (QED) is 0.560. The van der Waals surface area contributed by atoms with Crippen LogP contribution in [0.4, 0.5) is 0 Å². The Morgan fingerprint density at radius 2 is 1.62 bits per heavy atom. The van der Waals surface area contributed by atoms with Crippen LogP contribution in [0.15, 0.2) is 30.3 Å². The first-order valence-electron chi connectivity index (χ1n) is 7.85. The van der Waals surface area contributed by atoms with E-state index in [4.69, 9.17) is 10.8 Å². The maximum atomic E-state index is 12.3. The van der Waals surface area contributed by atoms with Crippen molar-refractivity contribution in [1.29, 1.82) is 0 Å². The van der Waals surface area contributed by atoms with Gasteiger partial charge in [0.25, 0.3) is 0 Å². The van der Waals surface area contributed by atoms with Gasteiger partial charge in [0.05, 0.1) is 18.5 Å². The van der Waals surface area contributed by atoms with E-state index >= 15 is 0 Å². The molecule has 0 aliphatic rings. The van der Waals surface area contributed by atoms with Crippen molar-refractivity contribution in [3.8, 4) is 0 Å². The number of amides is 2. The Balaban J connectivity index is 2.67. The topological polar surface area (TPSA) is 122 Å². The number of carbonyl (C=O) groups excluding carboxylic acids is 2. The number of aliphatic carboxylic acids is 1. The fourth-order valence-corrected chi connectivity index (χ4v) is 2.24. The fraction of sp³-hybridized carbons (Fsp3) is 0.471. The van der Waals surface area contributed by atoms with Crippen LogP contribution in [0.2, 0.25) is 0 Å². The van der Waals surface area contributed by atoms with E-state index < -0.39 is 30.4 Å². The van der Waals surface area contributed by atoms with Crippen LogP contribution in [0.5, 0.6) is 0 Å². The van der Waals surface area contributed by atoms with Crippen LogP contribution in [0.3, 0.4) is 0 Å². The first-order chi connectivity index (χ1) is 11.2. The molecule has 0 unspecified atom stereocenters. The SMILES string of the molecule is CC(C)[C@@H](NC(=O)[C@@H](C)NC(=O)[C@@H](N)CC(=O)O)c1ccccc1. The smallest absolute Gasteiger partial charge is 0.305 e. The summed E-state index contributed by atoms with van der Waals surface area (Å²) in [4.78, 5) is 34.7. The Kier molecular flexibility index (Phi) is 7.38. The molecule has 132 valence electrons. The van der Waals surface area contributed by atoms with E-state index in [9.17, 15) is 14.4 Å². The third-order valence-electron chi connectivity index (χ3n) is 3.61. The third-order valence-corrected chi connectivity index (χ3v) is 3.61. The Labute approximate surface area is 141 Å². The molecular formula is C17H25N3O4. The van der Waals surface area contributed by atoms with Crippen molar-refractivity contribution in [3.05, 3.63) is 35.9 Å². The van der Waals surface area contributed by atoms with Gasteiger partial charge in [0, 0.05) is 0 Å². The van der Waals surface area contributed by atoms with Crippen molar-refractivity contribution in [1.82, 2.24) is 10.6 Å². The lowest BCUT2D eigenvalue weighted by Gasteiger charge is -2.25. The van der Waals surface area contributed by atoms with Crippen molar-refractivity contribution in [2.45, 2.75) is 45.3 Å². The molecule has 0 fully saturated rings. The number of carbonyl (C=O) groups is 3. The molecule has 1 aromatic carbocycles. The highest BCUT2D eigenvalue weighted by molar-refractivity contribution is 5.91. The van der Waals surface area contributed by atoms with Gasteiger partial charge in [-0.15, -0.1) is 0 Å². The molecular weight excluding hydrogens is 310 g/mol. The zero-order valence-electron chi connectivity index (χ0n) is 14.2. The van der Waals surface area contributed by atoms with E-state index in [1.54, 1.807) is 0 Å². The average molecular weight is 335 g/mol. The summed E-state index contributed by atoms with van der Waals surface area (Å²) < 4.78 is 0. The molecule has 3 atom stereocenters. The Morgan fingerprint density at radius 3 is 2.12 bits per heavy atom. The van der Waals surface area contributed by atoms with Crippen LogP contribution in [0.1, 0.15) is 38.8 Å². The summed E-state index contributed by atoms with van der Waals surface area (Å²) in [5.74, 6) is -2.03. The Hall–Kier alpha value is -2.41. The molecule has 0 aromatic heterocycles. The van der Waals surface area contributed by atoms with Gasteiger partial charge in [-0.05, 0) is 18.4 Å². The van der Waals surface area contributed by atoms with Gasteiger partial charge in [-0.25, -0.2) is 0 Å². The highest BCUT2D eigenvalue weighted by atomic mass is 16.4. The van der Waals surface area contributed by atoms with E-state index in [1.165, 1.54) is 6.92 Å². The Morgan fingerprint density at radius 1 is 1.04 bits per heavy atom. The normalized spacial score (nSPS) is 14.5. The minimum atomic E-state index is -1.19. The summed E-state index contributed by atoms with van der Waals surface area (Å²) in [6.07, 6.45) is -0.487.